The van der Waals surface area contributed by atoms with Crippen LogP contribution in [0.4, 0.5) is 4.39 Å². The van der Waals surface area contributed by atoms with Gasteiger partial charge in [0.2, 0.25) is 0 Å². The Morgan fingerprint density at radius 2 is 1.71 bits per heavy atom. The van der Waals surface area contributed by atoms with Crippen LogP contribution in [0.2, 0.25) is 0 Å². The molecule has 1 atom stereocenters. The molecule has 2 rings (SSSR count). The summed E-state index contributed by atoms with van der Waals surface area (Å²) >= 11 is 0. The van der Waals surface area contributed by atoms with Gasteiger partial charge in [0.15, 0.2) is 0 Å². The second kappa shape index (κ2) is 5.98. The van der Waals surface area contributed by atoms with Crippen molar-refractivity contribution in [2.24, 2.45) is 0 Å². The lowest BCUT2D eigenvalue weighted by Gasteiger charge is -2.24. The Kier molecular flexibility index (Phi) is 4.48. The van der Waals surface area contributed by atoms with E-state index in [9.17, 15) is 9.50 Å². The van der Waals surface area contributed by atoms with E-state index >= 15 is 0 Å². The fourth-order valence-electron chi connectivity index (χ4n) is 2.38. The fourth-order valence-corrected chi connectivity index (χ4v) is 2.38. The first-order chi connectivity index (χ1) is 9.86. The minimum absolute atomic E-state index is 0.109. The SMILES string of the molecule is CCC(C)(C)c1ccc(C(O)c2cccc(C)c2F)cc1. The maximum Gasteiger partial charge on any atom is 0.132 e. The first-order valence-corrected chi connectivity index (χ1v) is 7.40. The zero-order valence-corrected chi connectivity index (χ0v) is 13.2. The molecule has 2 heteroatoms. The molecule has 112 valence electrons. The summed E-state index contributed by atoms with van der Waals surface area (Å²) in [5.74, 6) is -0.331. The lowest BCUT2D eigenvalue weighted by molar-refractivity contribution is 0.214. The summed E-state index contributed by atoms with van der Waals surface area (Å²) in [6.07, 6.45) is 0.116. The summed E-state index contributed by atoms with van der Waals surface area (Å²) in [4.78, 5) is 0. The topological polar surface area (TPSA) is 20.2 Å². The van der Waals surface area contributed by atoms with Gasteiger partial charge >= 0.3 is 0 Å². The molecule has 0 heterocycles. The van der Waals surface area contributed by atoms with Gasteiger partial charge in [0.25, 0.3) is 0 Å². The molecule has 0 saturated carbocycles. The number of rotatable bonds is 4. The van der Waals surface area contributed by atoms with Crippen LogP contribution >= 0.6 is 0 Å². The van der Waals surface area contributed by atoms with Crippen molar-refractivity contribution in [3.8, 4) is 0 Å². The third kappa shape index (κ3) is 3.16. The lowest BCUT2D eigenvalue weighted by Crippen LogP contribution is -2.15. The number of halogens is 1. The molecule has 2 aromatic carbocycles. The number of hydrogen-bond acceptors (Lipinski definition) is 1. The van der Waals surface area contributed by atoms with Gasteiger partial charge < -0.3 is 5.11 Å². The van der Waals surface area contributed by atoms with E-state index in [1.807, 2.05) is 24.3 Å². The minimum Gasteiger partial charge on any atom is -0.384 e. The summed E-state index contributed by atoms with van der Waals surface area (Å²) < 4.78 is 14.1. The molecule has 0 saturated heterocycles. The maximum atomic E-state index is 14.1. The summed E-state index contributed by atoms with van der Waals surface area (Å²) in [7, 11) is 0. The molecular formula is C19H23FO. The molecule has 1 unspecified atom stereocenters. The van der Waals surface area contributed by atoms with E-state index in [2.05, 4.69) is 20.8 Å². The molecule has 0 aromatic heterocycles. The molecule has 0 aliphatic heterocycles. The standard InChI is InChI=1S/C19H23FO/c1-5-19(3,4)15-11-9-14(10-12-15)18(21)16-8-6-7-13(2)17(16)20/h6-12,18,21H,5H2,1-4H3. The second-order valence-corrected chi connectivity index (χ2v) is 6.24. The Morgan fingerprint density at radius 3 is 2.29 bits per heavy atom. The van der Waals surface area contributed by atoms with Crippen LogP contribution in [0.1, 0.15) is 55.5 Å². The third-order valence-electron chi connectivity index (χ3n) is 4.41. The molecule has 2 aromatic rings. The van der Waals surface area contributed by atoms with Gasteiger partial charge in [0.1, 0.15) is 11.9 Å². The Morgan fingerprint density at radius 1 is 1.10 bits per heavy atom. The molecule has 1 nitrogen and oxygen atoms in total. The van der Waals surface area contributed by atoms with E-state index in [0.29, 0.717) is 11.1 Å². The average molecular weight is 286 g/mol. The zero-order valence-electron chi connectivity index (χ0n) is 13.2. The van der Waals surface area contributed by atoms with Crippen LogP contribution in [0.15, 0.2) is 42.5 Å². The van der Waals surface area contributed by atoms with Crippen molar-refractivity contribution < 1.29 is 9.50 Å². The maximum absolute atomic E-state index is 14.1. The number of benzene rings is 2. The van der Waals surface area contributed by atoms with Gasteiger partial charge in [0, 0.05) is 5.56 Å². The van der Waals surface area contributed by atoms with E-state index in [4.69, 9.17) is 0 Å². The van der Waals surface area contributed by atoms with Gasteiger partial charge in [-0.3, -0.25) is 0 Å². The second-order valence-electron chi connectivity index (χ2n) is 6.24. The van der Waals surface area contributed by atoms with Gasteiger partial charge in [0.05, 0.1) is 0 Å². The van der Waals surface area contributed by atoms with Crippen LogP contribution in [0.3, 0.4) is 0 Å². The molecule has 0 bridgehead atoms. The monoisotopic (exact) mass is 286 g/mol. The quantitative estimate of drug-likeness (QED) is 0.847. The summed E-state index contributed by atoms with van der Waals surface area (Å²) in [6.45, 7) is 8.25. The Labute approximate surface area is 126 Å². The lowest BCUT2D eigenvalue weighted by atomic mass is 9.81. The Balaban J connectivity index is 2.32. The fraction of sp³-hybridized carbons (Fsp3) is 0.368. The van der Waals surface area contributed by atoms with E-state index in [1.54, 1.807) is 25.1 Å². The highest BCUT2D eigenvalue weighted by molar-refractivity contribution is 5.36. The largest absolute Gasteiger partial charge is 0.384 e. The predicted octanol–water partition coefficient (Wildman–Crippen LogP) is 4.90. The average Bonchev–Trinajstić information content (AvgIpc) is 2.49. The molecule has 1 N–H and O–H groups in total. The number of aliphatic hydroxyl groups excluding tert-OH is 1. The molecule has 0 aliphatic carbocycles. The molecule has 0 radical (unpaired) electrons. The van der Waals surface area contributed by atoms with E-state index < -0.39 is 6.10 Å². The zero-order chi connectivity index (χ0) is 15.6. The number of aryl methyl sites for hydroxylation is 1. The normalized spacial score (nSPS) is 13.2. The van der Waals surface area contributed by atoms with Gasteiger partial charge in [-0.15, -0.1) is 0 Å². The van der Waals surface area contributed by atoms with Gasteiger partial charge in [-0.25, -0.2) is 4.39 Å². The Bertz CT molecular complexity index is 614. The van der Waals surface area contributed by atoms with Crippen molar-refractivity contribution in [2.45, 2.75) is 45.6 Å². The Hall–Kier alpha value is -1.67. The first kappa shape index (κ1) is 15.7. The van der Waals surface area contributed by atoms with Crippen molar-refractivity contribution in [1.29, 1.82) is 0 Å². The summed E-state index contributed by atoms with van der Waals surface area (Å²) in [6, 6.07) is 12.9. The molecular weight excluding hydrogens is 263 g/mol. The molecule has 21 heavy (non-hydrogen) atoms. The van der Waals surface area contributed by atoms with Crippen LogP contribution in [0, 0.1) is 12.7 Å². The van der Waals surface area contributed by atoms with Crippen LogP contribution in [-0.2, 0) is 5.41 Å². The molecule has 0 spiro atoms. The highest BCUT2D eigenvalue weighted by Crippen LogP contribution is 2.30. The predicted molar refractivity (Wildman–Crippen MR) is 85.0 cm³/mol. The van der Waals surface area contributed by atoms with Crippen molar-refractivity contribution >= 4 is 0 Å². The van der Waals surface area contributed by atoms with E-state index in [-0.39, 0.29) is 11.2 Å². The highest BCUT2D eigenvalue weighted by Gasteiger charge is 2.20. The van der Waals surface area contributed by atoms with E-state index in [1.165, 1.54) is 5.56 Å². The third-order valence-corrected chi connectivity index (χ3v) is 4.41. The number of aliphatic hydroxyl groups is 1. The smallest absolute Gasteiger partial charge is 0.132 e. The highest BCUT2D eigenvalue weighted by atomic mass is 19.1. The summed E-state index contributed by atoms with van der Waals surface area (Å²) in [5.41, 5.74) is 2.94. The van der Waals surface area contributed by atoms with Crippen LogP contribution in [-0.4, -0.2) is 5.11 Å². The van der Waals surface area contributed by atoms with Crippen molar-refractivity contribution in [3.63, 3.8) is 0 Å². The van der Waals surface area contributed by atoms with E-state index in [0.717, 1.165) is 12.0 Å². The van der Waals surface area contributed by atoms with Gasteiger partial charge in [-0.05, 0) is 35.4 Å². The van der Waals surface area contributed by atoms with Crippen molar-refractivity contribution in [3.05, 3.63) is 70.5 Å². The first-order valence-electron chi connectivity index (χ1n) is 7.40. The minimum atomic E-state index is -0.927. The molecule has 0 fully saturated rings. The van der Waals surface area contributed by atoms with Crippen LogP contribution in [0.25, 0.3) is 0 Å². The molecule has 0 amide bonds. The van der Waals surface area contributed by atoms with Crippen molar-refractivity contribution in [1.82, 2.24) is 0 Å². The van der Waals surface area contributed by atoms with Crippen LogP contribution < -0.4 is 0 Å². The molecule has 0 aliphatic rings. The number of hydrogen-bond donors (Lipinski definition) is 1. The van der Waals surface area contributed by atoms with Gasteiger partial charge in [-0.2, -0.15) is 0 Å². The summed E-state index contributed by atoms with van der Waals surface area (Å²) in [5, 5.41) is 10.4. The van der Waals surface area contributed by atoms with Gasteiger partial charge in [-0.1, -0.05) is 63.2 Å². The van der Waals surface area contributed by atoms with Crippen LogP contribution in [0.5, 0.6) is 0 Å². The van der Waals surface area contributed by atoms with Crippen molar-refractivity contribution in [2.75, 3.05) is 0 Å².